The number of benzene rings is 2. The lowest BCUT2D eigenvalue weighted by atomic mass is 9.89. The third-order valence-corrected chi connectivity index (χ3v) is 6.36. The Kier molecular flexibility index (Phi) is 6.39. The first-order valence-electron chi connectivity index (χ1n) is 11.1. The number of hydrogen-bond donors (Lipinski definition) is 1. The maximum absolute atomic E-state index is 12.8. The molecule has 2 aliphatic heterocycles. The summed E-state index contributed by atoms with van der Waals surface area (Å²) in [5.41, 5.74) is 2.51. The Morgan fingerprint density at radius 3 is 2.35 bits per heavy atom. The van der Waals surface area contributed by atoms with Gasteiger partial charge in [0.05, 0.1) is 5.56 Å². The van der Waals surface area contributed by atoms with Crippen LogP contribution in [-0.4, -0.2) is 60.0 Å². The van der Waals surface area contributed by atoms with E-state index in [2.05, 4.69) is 46.3 Å². The van der Waals surface area contributed by atoms with Crippen molar-refractivity contribution < 1.29 is 14.3 Å². The monoisotopic (exact) mass is 421 g/mol. The summed E-state index contributed by atoms with van der Waals surface area (Å²) in [6, 6.07) is 15.7. The van der Waals surface area contributed by atoms with Gasteiger partial charge in [-0.05, 0) is 36.2 Å². The van der Waals surface area contributed by atoms with E-state index in [1.54, 1.807) is 19.1 Å². The molecule has 0 spiro atoms. The highest BCUT2D eigenvalue weighted by Crippen LogP contribution is 2.28. The first-order chi connectivity index (χ1) is 15.0. The van der Waals surface area contributed by atoms with Crippen molar-refractivity contribution in [2.45, 2.75) is 39.0 Å². The summed E-state index contributed by atoms with van der Waals surface area (Å²) in [4.78, 5) is 30.1. The Balaban J connectivity index is 1.30. The first kappa shape index (κ1) is 21.5. The molecule has 0 bridgehead atoms. The van der Waals surface area contributed by atoms with Crippen LogP contribution in [0.1, 0.15) is 40.9 Å². The third kappa shape index (κ3) is 4.97. The van der Waals surface area contributed by atoms with E-state index in [1.807, 2.05) is 12.1 Å². The second-order valence-electron chi connectivity index (χ2n) is 8.66. The molecule has 1 unspecified atom stereocenters. The van der Waals surface area contributed by atoms with E-state index in [9.17, 15) is 9.59 Å². The van der Waals surface area contributed by atoms with Crippen molar-refractivity contribution in [3.63, 3.8) is 0 Å². The predicted molar refractivity (Wildman–Crippen MR) is 120 cm³/mol. The molecular weight excluding hydrogens is 390 g/mol. The fourth-order valence-corrected chi connectivity index (χ4v) is 4.31. The van der Waals surface area contributed by atoms with E-state index < -0.39 is 11.6 Å². The average molecular weight is 422 g/mol. The van der Waals surface area contributed by atoms with Gasteiger partial charge in [0.2, 0.25) is 0 Å². The van der Waals surface area contributed by atoms with E-state index in [0.29, 0.717) is 18.5 Å². The van der Waals surface area contributed by atoms with E-state index >= 15 is 0 Å². The van der Waals surface area contributed by atoms with E-state index in [1.165, 1.54) is 5.56 Å². The van der Waals surface area contributed by atoms with Gasteiger partial charge in [-0.25, -0.2) is 4.79 Å². The zero-order valence-electron chi connectivity index (χ0n) is 18.4. The van der Waals surface area contributed by atoms with Crippen LogP contribution in [0.15, 0.2) is 48.5 Å². The molecule has 0 aromatic heterocycles. The van der Waals surface area contributed by atoms with Crippen molar-refractivity contribution in [3.8, 4) is 0 Å². The number of carbonyl (C=O) groups excluding carboxylic acids is 2. The highest BCUT2D eigenvalue weighted by atomic mass is 16.6. The number of hydrogen-bond acceptors (Lipinski definition) is 5. The molecular formula is C25H31N3O3. The maximum Gasteiger partial charge on any atom is 0.339 e. The third-order valence-electron chi connectivity index (χ3n) is 6.36. The van der Waals surface area contributed by atoms with Gasteiger partial charge >= 0.3 is 5.97 Å². The second-order valence-corrected chi connectivity index (χ2v) is 8.66. The van der Waals surface area contributed by atoms with Gasteiger partial charge < -0.3 is 15.0 Å². The minimum Gasteiger partial charge on any atom is -0.445 e. The van der Waals surface area contributed by atoms with Gasteiger partial charge in [0.1, 0.15) is 0 Å². The Morgan fingerprint density at radius 1 is 1.00 bits per heavy atom. The van der Waals surface area contributed by atoms with Gasteiger partial charge in [0.15, 0.2) is 5.60 Å². The van der Waals surface area contributed by atoms with Crippen molar-refractivity contribution >= 4 is 11.9 Å². The topological polar surface area (TPSA) is 61.9 Å². The molecule has 2 aliphatic rings. The number of rotatable bonds is 6. The van der Waals surface area contributed by atoms with Crippen LogP contribution in [0.2, 0.25) is 0 Å². The number of nitrogens with one attached hydrogen (secondary N) is 1. The lowest BCUT2D eigenvalue weighted by Crippen LogP contribution is -2.51. The number of esters is 1. The van der Waals surface area contributed by atoms with Crippen LogP contribution in [0.5, 0.6) is 0 Å². The van der Waals surface area contributed by atoms with Gasteiger partial charge in [-0.2, -0.15) is 0 Å². The standard InChI is InChI=1S/C25H31N3O3/c1-3-27-12-14-28(15-13-27)18-20-10-8-19(9-11-20)17-26-24(30)25(2)16-21-6-4-5-7-22(21)23(29)31-25/h4-11H,3,12-18H2,1-2H3,(H,26,30). The average Bonchev–Trinajstić information content (AvgIpc) is 2.79. The largest absolute Gasteiger partial charge is 0.445 e. The molecule has 2 heterocycles. The molecule has 2 aromatic carbocycles. The molecule has 0 aliphatic carbocycles. The molecule has 1 saturated heterocycles. The number of ether oxygens (including phenoxy) is 1. The van der Waals surface area contributed by atoms with Gasteiger partial charge in [-0.3, -0.25) is 9.69 Å². The second kappa shape index (κ2) is 9.20. The number of carbonyl (C=O) groups is 2. The fourth-order valence-electron chi connectivity index (χ4n) is 4.31. The van der Waals surface area contributed by atoms with Crippen LogP contribution in [0.4, 0.5) is 0 Å². The predicted octanol–water partition coefficient (Wildman–Crippen LogP) is 2.61. The van der Waals surface area contributed by atoms with E-state index in [4.69, 9.17) is 4.74 Å². The van der Waals surface area contributed by atoms with Crippen LogP contribution >= 0.6 is 0 Å². The molecule has 4 rings (SSSR count). The van der Waals surface area contributed by atoms with Crippen LogP contribution in [0.25, 0.3) is 0 Å². The lowest BCUT2D eigenvalue weighted by molar-refractivity contribution is -0.139. The number of nitrogens with zero attached hydrogens (tertiary/aromatic N) is 2. The Labute approximate surface area is 184 Å². The lowest BCUT2D eigenvalue weighted by Gasteiger charge is -2.34. The fraction of sp³-hybridized carbons (Fsp3) is 0.440. The zero-order chi connectivity index (χ0) is 21.8. The molecule has 0 radical (unpaired) electrons. The number of likely N-dealkylation sites (N-methyl/N-ethyl adjacent to an activating group) is 1. The van der Waals surface area contributed by atoms with Crippen LogP contribution in [0.3, 0.4) is 0 Å². The summed E-state index contributed by atoms with van der Waals surface area (Å²) in [5.74, 6) is -0.711. The van der Waals surface area contributed by atoms with Crippen molar-refractivity contribution in [1.82, 2.24) is 15.1 Å². The van der Waals surface area contributed by atoms with Gasteiger partial charge in [-0.1, -0.05) is 49.4 Å². The van der Waals surface area contributed by atoms with Crippen LogP contribution in [0, 0.1) is 0 Å². The molecule has 164 valence electrons. The number of piperazine rings is 1. The van der Waals surface area contributed by atoms with E-state index in [0.717, 1.165) is 50.4 Å². The Hall–Kier alpha value is -2.70. The SMILES string of the molecule is CCN1CCN(Cc2ccc(CNC(=O)C3(C)Cc4ccccc4C(=O)O3)cc2)CC1. The molecule has 1 amide bonds. The number of fused-ring (bicyclic) bond motifs is 1. The minimum absolute atomic E-state index is 0.270. The molecule has 1 N–H and O–H groups in total. The summed E-state index contributed by atoms with van der Waals surface area (Å²) in [6.07, 6.45) is 0.380. The van der Waals surface area contributed by atoms with Gasteiger partial charge in [0, 0.05) is 45.7 Å². The van der Waals surface area contributed by atoms with Crippen molar-refractivity contribution in [3.05, 3.63) is 70.8 Å². The van der Waals surface area contributed by atoms with Crippen molar-refractivity contribution in [2.24, 2.45) is 0 Å². The highest BCUT2D eigenvalue weighted by molar-refractivity contribution is 5.97. The molecule has 31 heavy (non-hydrogen) atoms. The van der Waals surface area contributed by atoms with Crippen molar-refractivity contribution in [2.75, 3.05) is 32.7 Å². The highest BCUT2D eigenvalue weighted by Gasteiger charge is 2.42. The van der Waals surface area contributed by atoms with Crippen molar-refractivity contribution in [1.29, 1.82) is 0 Å². The van der Waals surface area contributed by atoms with Crippen LogP contribution in [-0.2, 0) is 29.0 Å². The quantitative estimate of drug-likeness (QED) is 0.727. The molecule has 1 atom stereocenters. The maximum atomic E-state index is 12.8. The molecule has 1 fully saturated rings. The zero-order valence-corrected chi connectivity index (χ0v) is 18.4. The van der Waals surface area contributed by atoms with Gasteiger partial charge in [0.25, 0.3) is 5.91 Å². The minimum atomic E-state index is -1.19. The first-order valence-corrected chi connectivity index (χ1v) is 11.1. The number of amides is 1. The molecule has 6 heteroatoms. The summed E-state index contributed by atoms with van der Waals surface area (Å²) < 4.78 is 5.51. The molecule has 0 saturated carbocycles. The summed E-state index contributed by atoms with van der Waals surface area (Å²) in [7, 11) is 0. The molecule has 6 nitrogen and oxygen atoms in total. The van der Waals surface area contributed by atoms with Gasteiger partial charge in [-0.15, -0.1) is 0 Å². The Bertz CT molecular complexity index is 935. The summed E-state index contributed by atoms with van der Waals surface area (Å²) >= 11 is 0. The van der Waals surface area contributed by atoms with E-state index in [-0.39, 0.29) is 5.91 Å². The summed E-state index contributed by atoms with van der Waals surface area (Å²) in [5, 5.41) is 2.94. The van der Waals surface area contributed by atoms with Crippen LogP contribution < -0.4 is 5.32 Å². The normalized spacial score (nSPS) is 21.9. The molecule has 2 aromatic rings. The smallest absolute Gasteiger partial charge is 0.339 e. The number of cyclic esters (lactones) is 1. The Morgan fingerprint density at radius 2 is 1.65 bits per heavy atom. The summed E-state index contributed by atoms with van der Waals surface area (Å²) in [6.45, 7) is 10.9.